The molecule has 3 rings (SSSR count). The minimum Gasteiger partial charge on any atom is -0.373 e. The molecule has 0 N–H and O–H groups in total. The Morgan fingerprint density at radius 1 is 1.39 bits per heavy atom. The van der Waals surface area contributed by atoms with Crippen LogP contribution >= 0.6 is 0 Å². The second-order valence-corrected chi connectivity index (χ2v) is 5.97. The Labute approximate surface area is 136 Å². The Hall–Kier alpha value is -2.21. The lowest BCUT2D eigenvalue weighted by molar-refractivity contribution is -0.000483. The average molecular weight is 314 g/mol. The van der Waals surface area contributed by atoms with Crippen molar-refractivity contribution in [1.82, 2.24) is 19.7 Å². The monoisotopic (exact) mass is 314 g/mol. The molecule has 2 aromatic heterocycles. The van der Waals surface area contributed by atoms with Gasteiger partial charge in [-0.1, -0.05) is 6.07 Å². The Bertz CT molecular complexity index is 660. The van der Waals surface area contributed by atoms with Gasteiger partial charge in [0.2, 0.25) is 0 Å². The number of pyridine rings is 1. The van der Waals surface area contributed by atoms with Crippen molar-refractivity contribution in [3.05, 3.63) is 47.5 Å². The molecule has 0 aliphatic carbocycles. The van der Waals surface area contributed by atoms with Crippen molar-refractivity contribution in [2.75, 3.05) is 13.1 Å². The van der Waals surface area contributed by atoms with Gasteiger partial charge in [0.1, 0.15) is 0 Å². The molecular weight excluding hydrogens is 292 g/mol. The van der Waals surface area contributed by atoms with E-state index in [0.29, 0.717) is 12.2 Å². The minimum atomic E-state index is 0.0707. The maximum Gasteiger partial charge on any atom is 0.257 e. The SMILES string of the molecule is Cc1nn(C)cc1C(=O)N1CCC(OCc2cccnc2)CC1. The summed E-state index contributed by atoms with van der Waals surface area (Å²) < 4.78 is 7.62. The van der Waals surface area contributed by atoms with Gasteiger partial charge in [-0.2, -0.15) is 5.10 Å². The molecule has 0 radical (unpaired) electrons. The predicted octanol–water partition coefficient (Wildman–Crippen LogP) is 1.94. The number of carbonyl (C=O) groups excluding carboxylic acids is 1. The Morgan fingerprint density at radius 3 is 2.78 bits per heavy atom. The van der Waals surface area contributed by atoms with Gasteiger partial charge in [0, 0.05) is 38.7 Å². The number of amides is 1. The Morgan fingerprint density at radius 2 is 2.17 bits per heavy atom. The number of ether oxygens (including phenoxy) is 1. The van der Waals surface area contributed by atoms with E-state index in [0.717, 1.165) is 37.2 Å². The molecule has 1 amide bonds. The lowest BCUT2D eigenvalue weighted by Gasteiger charge is -2.31. The van der Waals surface area contributed by atoms with E-state index in [4.69, 9.17) is 4.74 Å². The number of hydrogen-bond donors (Lipinski definition) is 0. The van der Waals surface area contributed by atoms with Crippen LogP contribution in [0.3, 0.4) is 0 Å². The van der Waals surface area contributed by atoms with E-state index in [1.165, 1.54) is 0 Å². The van der Waals surface area contributed by atoms with Gasteiger partial charge in [-0.15, -0.1) is 0 Å². The number of nitrogens with zero attached hydrogens (tertiary/aromatic N) is 4. The number of aryl methyl sites for hydroxylation is 2. The van der Waals surface area contributed by atoms with Gasteiger partial charge in [0.15, 0.2) is 0 Å². The van der Waals surface area contributed by atoms with Crippen molar-refractivity contribution in [1.29, 1.82) is 0 Å². The standard InChI is InChI=1S/C17H22N4O2/c1-13-16(11-20(2)19-13)17(22)21-8-5-15(6-9-21)23-12-14-4-3-7-18-10-14/h3-4,7,10-11,15H,5-6,8-9,12H2,1-2H3. The van der Waals surface area contributed by atoms with Crippen molar-refractivity contribution in [2.24, 2.45) is 7.05 Å². The van der Waals surface area contributed by atoms with E-state index in [2.05, 4.69) is 10.1 Å². The number of carbonyl (C=O) groups is 1. The van der Waals surface area contributed by atoms with Gasteiger partial charge in [0.25, 0.3) is 5.91 Å². The molecule has 0 bridgehead atoms. The first kappa shape index (κ1) is 15.7. The molecule has 1 saturated heterocycles. The molecule has 0 spiro atoms. The summed E-state index contributed by atoms with van der Waals surface area (Å²) in [4.78, 5) is 18.5. The second-order valence-electron chi connectivity index (χ2n) is 5.97. The number of likely N-dealkylation sites (tertiary alicyclic amines) is 1. The largest absolute Gasteiger partial charge is 0.373 e. The van der Waals surface area contributed by atoms with Gasteiger partial charge in [-0.25, -0.2) is 0 Å². The number of hydrogen-bond acceptors (Lipinski definition) is 4. The van der Waals surface area contributed by atoms with Crippen molar-refractivity contribution in [3.63, 3.8) is 0 Å². The molecule has 2 aromatic rings. The van der Waals surface area contributed by atoms with Crippen molar-refractivity contribution in [3.8, 4) is 0 Å². The van der Waals surface area contributed by atoms with Crippen LogP contribution in [0.1, 0.15) is 34.5 Å². The maximum atomic E-state index is 12.5. The summed E-state index contributed by atoms with van der Waals surface area (Å²) in [6, 6.07) is 3.92. The molecule has 1 fully saturated rings. The van der Waals surface area contributed by atoms with Crippen LogP contribution in [-0.4, -0.2) is 44.8 Å². The average Bonchev–Trinajstić information content (AvgIpc) is 2.92. The van der Waals surface area contributed by atoms with Crippen LogP contribution in [0, 0.1) is 6.92 Å². The normalized spacial score (nSPS) is 15.8. The second kappa shape index (κ2) is 6.91. The molecule has 6 nitrogen and oxygen atoms in total. The van der Waals surface area contributed by atoms with E-state index in [9.17, 15) is 4.79 Å². The first-order valence-electron chi connectivity index (χ1n) is 7.93. The first-order chi connectivity index (χ1) is 11.1. The molecule has 0 atom stereocenters. The van der Waals surface area contributed by atoms with Gasteiger partial charge in [0.05, 0.1) is 24.0 Å². The van der Waals surface area contributed by atoms with Crippen LogP contribution in [0.4, 0.5) is 0 Å². The fourth-order valence-electron chi connectivity index (χ4n) is 2.90. The van der Waals surface area contributed by atoms with Crippen LogP contribution in [0.2, 0.25) is 0 Å². The number of rotatable bonds is 4. The molecule has 0 unspecified atom stereocenters. The number of aromatic nitrogens is 3. The summed E-state index contributed by atoms with van der Waals surface area (Å²) in [6.45, 7) is 3.90. The molecule has 3 heterocycles. The van der Waals surface area contributed by atoms with Crippen molar-refractivity contribution in [2.45, 2.75) is 32.5 Å². The molecule has 1 aliphatic heterocycles. The predicted molar refractivity (Wildman–Crippen MR) is 85.9 cm³/mol. The van der Waals surface area contributed by atoms with Gasteiger partial charge >= 0.3 is 0 Å². The van der Waals surface area contributed by atoms with E-state index < -0.39 is 0 Å². The van der Waals surface area contributed by atoms with Crippen LogP contribution in [-0.2, 0) is 18.4 Å². The van der Waals surface area contributed by atoms with Gasteiger partial charge in [-0.05, 0) is 31.4 Å². The lowest BCUT2D eigenvalue weighted by atomic mass is 10.1. The Kier molecular flexibility index (Phi) is 4.71. The third-order valence-corrected chi connectivity index (χ3v) is 4.18. The fraction of sp³-hybridized carbons (Fsp3) is 0.471. The summed E-state index contributed by atoms with van der Waals surface area (Å²) in [7, 11) is 1.84. The number of piperidine rings is 1. The highest BCUT2D eigenvalue weighted by molar-refractivity contribution is 5.95. The van der Waals surface area contributed by atoms with E-state index >= 15 is 0 Å². The molecule has 1 aliphatic rings. The maximum absolute atomic E-state index is 12.5. The summed E-state index contributed by atoms with van der Waals surface area (Å²) in [6.07, 6.45) is 7.31. The zero-order valence-electron chi connectivity index (χ0n) is 13.6. The van der Waals surface area contributed by atoms with Crippen LogP contribution < -0.4 is 0 Å². The molecular formula is C17H22N4O2. The quantitative estimate of drug-likeness (QED) is 0.865. The highest BCUT2D eigenvalue weighted by Crippen LogP contribution is 2.18. The first-order valence-corrected chi connectivity index (χ1v) is 7.93. The van der Waals surface area contributed by atoms with Crippen LogP contribution in [0.25, 0.3) is 0 Å². The van der Waals surface area contributed by atoms with Crippen molar-refractivity contribution < 1.29 is 9.53 Å². The minimum absolute atomic E-state index is 0.0707. The molecule has 0 aromatic carbocycles. The summed E-state index contributed by atoms with van der Waals surface area (Å²) in [5, 5.41) is 4.24. The summed E-state index contributed by atoms with van der Waals surface area (Å²) in [5.74, 6) is 0.0707. The van der Waals surface area contributed by atoms with Gasteiger partial charge in [-0.3, -0.25) is 14.5 Å². The van der Waals surface area contributed by atoms with E-state index in [1.54, 1.807) is 17.1 Å². The van der Waals surface area contributed by atoms with Crippen LogP contribution in [0.15, 0.2) is 30.7 Å². The van der Waals surface area contributed by atoms with E-state index in [1.807, 2.05) is 37.2 Å². The molecule has 0 saturated carbocycles. The highest BCUT2D eigenvalue weighted by atomic mass is 16.5. The summed E-state index contributed by atoms with van der Waals surface area (Å²) in [5.41, 5.74) is 2.56. The molecule has 23 heavy (non-hydrogen) atoms. The zero-order valence-corrected chi connectivity index (χ0v) is 13.6. The third kappa shape index (κ3) is 3.76. The highest BCUT2D eigenvalue weighted by Gasteiger charge is 2.25. The van der Waals surface area contributed by atoms with Gasteiger partial charge < -0.3 is 9.64 Å². The molecule has 6 heteroatoms. The Balaban J connectivity index is 1.50. The topological polar surface area (TPSA) is 60.2 Å². The van der Waals surface area contributed by atoms with Crippen molar-refractivity contribution >= 4 is 5.91 Å². The summed E-state index contributed by atoms with van der Waals surface area (Å²) >= 11 is 0. The zero-order chi connectivity index (χ0) is 16.2. The lowest BCUT2D eigenvalue weighted by Crippen LogP contribution is -2.41. The fourth-order valence-corrected chi connectivity index (χ4v) is 2.90. The van der Waals surface area contributed by atoms with Crippen LogP contribution in [0.5, 0.6) is 0 Å². The third-order valence-electron chi connectivity index (χ3n) is 4.18. The smallest absolute Gasteiger partial charge is 0.257 e. The van der Waals surface area contributed by atoms with E-state index in [-0.39, 0.29) is 12.0 Å². The molecule has 122 valence electrons.